The molecule has 1 aliphatic rings. The Hall–Kier alpha value is -3.45. The lowest BCUT2D eigenvalue weighted by Gasteiger charge is -2.25. The van der Waals surface area contributed by atoms with E-state index in [0.717, 1.165) is 24.6 Å². The van der Waals surface area contributed by atoms with Crippen LogP contribution in [0.25, 0.3) is 10.9 Å². The number of aryl methyl sites for hydroxylation is 1. The monoisotopic (exact) mass is 480 g/mol. The molecule has 0 aliphatic carbocycles. The number of hydrogen-bond acceptors (Lipinski definition) is 4. The van der Waals surface area contributed by atoms with Gasteiger partial charge in [-0.15, -0.1) is 0 Å². The fourth-order valence-corrected chi connectivity index (χ4v) is 3.77. The van der Waals surface area contributed by atoms with Gasteiger partial charge in [-0.1, -0.05) is 11.8 Å². The molecule has 1 aromatic heterocycles. The van der Waals surface area contributed by atoms with Gasteiger partial charge in [0.25, 0.3) is 6.43 Å². The molecule has 0 saturated carbocycles. The summed E-state index contributed by atoms with van der Waals surface area (Å²) in [6.07, 6.45) is -1.67. The van der Waals surface area contributed by atoms with E-state index in [2.05, 4.69) is 16.8 Å². The van der Waals surface area contributed by atoms with E-state index in [1.54, 1.807) is 6.92 Å². The van der Waals surface area contributed by atoms with E-state index in [-0.39, 0.29) is 15.8 Å². The number of fused-ring (bicyclic) bond motifs is 1. The van der Waals surface area contributed by atoms with Crippen LogP contribution >= 0.6 is 0 Å². The number of halogens is 5. The number of benzene rings is 2. The molecule has 34 heavy (non-hydrogen) atoms. The van der Waals surface area contributed by atoms with Gasteiger partial charge >= 0.3 is 5.69 Å². The van der Waals surface area contributed by atoms with Crippen molar-refractivity contribution in [3.8, 4) is 11.8 Å². The Bertz CT molecular complexity index is 1470. The fraction of sp³-hybridized carbons (Fsp3) is 0.333. The molecular weight excluding hydrogens is 457 g/mol. The summed E-state index contributed by atoms with van der Waals surface area (Å²) in [5, 5.41) is -0.833. The lowest BCUT2D eigenvalue weighted by atomic mass is 10.0. The number of alkyl halides is 2. The van der Waals surface area contributed by atoms with E-state index < -0.39 is 65.4 Å². The zero-order valence-corrected chi connectivity index (χ0v) is 17.8. The van der Waals surface area contributed by atoms with Crippen molar-refractivity contribution in [2.75, 3.05) is 18.1 Å². The lowest BCUT2D eigenvalue weighted by molar-refractivity contribution is 0.0695. The molecule has 0 radical (unpaired) electrons. The zero-order valence-electron chi connectivity index (χ0n) is 20.8. The first-order valence-corrected chi connectivity index (χ1v) is 10.2. The molecule has 5 nitrogen and oxygen atoms in total. The lowest BCUT2D eigenvalue weighted by Crippen LogP contribution is -2.30. The molecule has 1 unspecified atom stereocenters. The Morgan fingerprint density at radius 2 is 2.09 bits per heavy atom. The largest absolute Gasteiger partial charge is 0.363 e. The zero-order chi connectivity index (χ0) is 27.1. The Morgan fingerprint density at radius 1 is 1.29 bits per heavy atom. The average Bonchev–Trinajstić information content (AvgIpc) is 3.23. The summed E-state index contributed by atoms with van der Waals surface area (Å²) in [5.41, 5.74) is -3.01. The number of aromatic nitrogens is 2. The summed E-state index contributed by atoms with van der Waals surface area (Å²) in [7, 11) is 0. The van der Waals surface area contributed by atoms with Crippen LogP contribution in [0.3, 0.4) is 0 Å². The standard InChI is InChI=1S/C24H20F5N3O2/c1-24(7-3-9-34-24)8-6-14-10-15(25)12-16(11-14)32(13-19(27)28)22-20-18(31(2)23(33)30-22)5-4-17(26)21(20)29/h4-5,10-12,19H,3,7,9,13H2,1-2H3/i2D3. The summed E-state index contributed by atoms with van der Waals surface area (Å²) in [4.78, 5) is 16.8. The van der Waals surface area contributed by atoms with E-state index in [9.17, 15) is 22.4 Å². The topological polar surface area (TPSA) is 47.4 Å². The van der Waals surface area contributed by atoms with E-state index in [1.165, 1.54) is 6.07 Å². The van der Waals surface area contributed by atoms with Crippen LogP contribution in [0.4, 0.5) is 33.5 Å². The average molecular weight is 480 g/mol. The summed E-state index contributed by atoms with van der Waals surface area (Å²) in [6.45, 7) is -2.08. The molecule has 3 aromatic rings. The van der Waals surface area contributed by atoms with Gasteiger partial charge in [0.2, 0.25) is 0 Å². The first-order valence-electron chi connectivity index (χ1n) is 11.7. The molecule has 178 valence electrons. The molecule has 4 rings (SSSR count). The molecule has 10 heteroatoms. The van der Waals surface area contributed by atoms with Crippen molar-refractivity contribution in [1.29, 1.82) is 0 Å². The second kappa shape index (κ2) is 9.06. The van der Waals surface area contributed by atoms with Gasteiger partial charge in [0.15, 0.2) is 17.5 Å². The first kappa shape index (κ1) is 20.0. The molecule has 0 bridgehead atoms. The third kappa shape index (κ3) is 4.61. The maximum absolute atomic E-state index is 15.0. The minimum atomic E-state index is -3.14. The molecule has 0 spiro atoms. The summed E-state index contributed by atoms with van der Waals surface area (Å²) >= 11 is 0. The van der Waals surface area contributed by atoms with Crippen molar-refractivity contribution < 1.29 is 30.8 Å². The summed E-state index contributed by atoms with van der Waals surface area (Å²) in [5.74, 6) is 0.899. The van der Waals surface area contributed by atoms with Gasteiger partial charge in [0.05, 0.1) is 17.4 Å². The van der Waals surface area contributed by atoms with Gasteiger partial charge in [0.1, 0.15) is 11.4 Å². The van der Waals surface area contributed by atoms with Gasteiger partial charge in [-0.25, -0.2) is 26.7 Å². The van der Waals surface area contributed by atoms with Crippen LogP contribution in [0.5, 0.6) is 0 Å². The van der Waals surface area contributed by atoms with Crippen LogP contribution in [0.1, 0.15) is 29.4 Å². The van der Waals surface area contributed by atoms with Crippen LogP contribution < -0.4 is 10.6 Å². The fourth-order valence-electron chi connectivity index (χ4n) is 3.77. The number of ether oxygens (including phenoxy) is 1. The molecule has 1 aliphatic heterocycles. The maximum atomic E-state index is 15.0. The third-order valence-electron chi connectivity index (χ3n) is 5.39. The molecule has 2 aromatic carbocycles. The molecule has 0 N–H and O–H groups in total. The Kier molecular flexibility index (Phi) is 5.32. The van der Waals surface area contributed by atoms with Crippen LogP contribution in [0.15, 0.2) is 35.1 Å². The summed E-state index contributed by atoms with van der Waals surface area (Å²) < 4.78 is 99.7. The van der Waals surface area contributed by atoms with Crippen molar-refractivity contribution in [2.45, 2.75) is 31.8 Å². The second-order valence-corrected chi connectivity index (χ2v) is 7.94. The highest BCUT2D eigenvalue weighted by Crippen LogP contribution is 2.33. The van der Waals surface area contributed by atoms with Gasteiger partial charge in [-0.2, -0.15) is 4.98 Å². The minimum Gasteiger partial charge on any atom is -0.363 e. The Morgan fingerprint density at radius 3 is 2.76 bits per heavy atom. The summed E-state index contributed by atoms with van der Waals surface area (Å²) in [6, 6.07) is 4.53. The van der Waals surface area contributed by atoms with E-state index in [4.69, 9.17) is 8.85 Å². The SMILES string of the molecule is [2H]C([2H])([2H])n1c(=O)nc(N(CC(F)F)c2cc(F)cc(C#CC3(C)CCCO3)c2)c2c(F)c(F)ccc21. The van der Waals surface area contributed by atoms with E-state index in [0.29, 0.717) is 24.0 Å². The normalized spacial score (nSPS) is 19.4. The van der Waals surface area contributed by atoms with Gasteiger partial charge < -0.3 is 9.64 Å². The van der Waals surface area contributed by atoms with E-state index >= 15 is 4.39 Å². The van der Waals surface area contributed by atoms with Crippen molar-refractivity contribution in [3.05, 3.63) is 63.8 Å². The molecule has 0 amide bonds. The van der Waals surface area contributed by atoms with Gasteiger partial charge in [0, 0.05) is 28.9 Å². The smallest absolute Gasteiger partial charge is 0.349 e. The third-order valence-corrected chi connectivity index (χ3v) is 5.39. The van der Waals surface area contributed by atoms with Crippen molar-refractivity contribution in [1.82, 2.24) is 9.55 Å². The molecule has 1 fully saturated rings. The van der Waals surface area contributed by atoms with Crippen LogP contribution in [-0.2, 0) is 11.7 Å². The highest BCUT2D eigenvalue weighted by molar-refractivity contribution is 5.92. The van der Waals surface area contributed by atoms with Crippen molar-refractivity contribution in [2.24, 2.45) is 6.98 Å². The molecular formula is C24H20F5N3O2. The number of rotatable bonds is 4. The second-order valence-electron chi connectivity index (χ2n) is 7.94. The highest BCUT2D eigenvalue weighted by atomic mass is 19.3. The van der Waals surface area contributed by atoms with Gasteiger partial charge in [-0.3, -0.25) is 4.57 Å². The first-order chi connectivity index (χ1) is 17.3. The number of hydrogen-bond donors (Lipinski definition) is 0. The molecule has 2 heterocycles. The Labute approximate surface area is 196 Å². The van der Waals surface area contributed by atoms with Crippen LogP contribution in [0, 0.1) is 29.3 Å². The van der Waals surface area contributed by atoms with Crippen molar-refractivity contribution in [3.63, 3.8) is 0 Å². The Balaban J connectivity index is 1.96. The predicted molar refractivity (Wildman–Crippen MR) is 117 cm³/mol. The number of anilines is 2. The molecule has 1 atom stereocenters. The predicted octanol–water partition coefficient (Wildman–Crippen LogP) is 4.67. The molecule has 1 saturated heterocycles. The minimum absolute atomic E-state index is 0.0674. The van der Waals surface area contributed by atoms with Gasteiger partial charge in [-0.05, 0) is 50.1 Å². The maximum Gasteiger partial charge on any atom is 0.349 e. The van der Waals surface area contributed by atoms with E-state index in [1.807, 2.05) is 0 Å². The number of nitrogens with zero attached hydrogens (tertiary/aromatic N) is 3. The quantitative estimate of drug-likeness (QED) is 0.402. The van der Waals surface area contributed by atoms with Crippen LogP contribution in [0.2, 0.25) is 0 Å². The van der Waals surface area contributed by atoms with Crippen LogP contribution in [-0.4, -0.2) is 34.7 Å². The van der Waals surface area contributed by atoms with Crippen molar-refractivity contribution >= 4 is 22.4 Å². The highest BCUT2D eigenvalue weighted by Gasteiger charge is 2.27.